The van der Waals surface area contributed by atoms with Crippen molar-refractivity contribution in [2.75, 3.05) is 29.9 Å². The summed E-state index contributed by atoms with van der Waals surface area (Å²) in [5.74, 6) is 1.56. The van der Waals surface area contributed by atoms with Gasteiger partial charge in [0, 0.05) is 25.2 Å². The van der Waals surface area contributed by atoms with Crippen LogP contribution in [-0.2, 0) is 0 Å². The quantitative estimate of drug-likeness (QED) is 0.937. The van der Waals surface area contributed by atoms with E-state index in [0.29, 0.717) is 17.7 Å². The highest BCUT2D eigenvalue weighted by Gasteiger charge is 2.17. The predicted octanol–water partition coefficient (Wildman–Crippen LogP) is 2.71. The fourth-order valence-electron chi connectivity index (χ4n) is 2.39. The Morgan fingerprint density at radius 2 is 1.81 bits per heavy atom. The van der Waals surface area contributed by atoms with Gasteiger partial charge in [0.1, 0.15) is 5.82 Å². The van der Waals surface area contributed by atoms with E-state index in [-0.39, 0.29) is 5.82 Å². The Balaban J connectivity index is 1.99. The van der Waals surface area contributed by atoms with Gasteiger partial charge in [0.05, 0.1) is 0 Å². The van der Waals surface area contributed by atoms with E-state index in [0.717, 1.165) is 38.0 Å². The van der Waals surface area contributed by atoms with Gasteiger partial charge in [-0.15, -0.1) is 0 Å². The van der Waals surface area contributed by atoms with Gasteiger partial charge in [-0.2, -0.15) is 15.0 Å². The minimum absolute atomic E-state index is 0.264. The zero-order valence-corrected chi connectivity index (χ0v) is 12.0. The summed E-state index contributed by atoms with van der Waals surface area (Å²) in [4.78, 5) is 15.6. The first kappa shape index (κ1) is 13.7. The van der Waals surface area contributed by atoms with Gasteiger partial charge in [-0.3, -0.25) is 0 Å². The number of nitrogens with zero attached hydrogens (tertiary/aromatic N) is 4. The normalized spacial score (nSPS) is 14.5. The number of benzene rings is 1. The molecule has 1 N–H and O–H groups in total. The monoisotopic (exact) mass is 287 g/mol. The van der Waals surface area contributed by atoms with E-state index in [2.05, 4.69) is 25.2 Å². The van der Waals surface area contributed by atoms with Crippen LogP contribution in [0.15, 0.2) is 24.3 Å². The fraction of sp³-hybridized carbons (Fsp3) is 0.400. The number of hydrogen-bond donors (Lipinski definition) is 1. The van der Waals surface area contributed by atoms with Crippen molar-refractivity contribution in [2.45, 2.75) is 19.8 Å². The zero-order chi connectivity index (χ0) is 14.7. The van der Waals surface area contributed by atoms with E-state index >= 15 is 0 Å². The summed E-state index contributed by atoms with van der Waals surface area (Å²) < 4.78 is 13.1. The molecule has 0 saturated carbocycles. The van der Waals surface area contributed by atoms with Crippen LogP contribution in [0.3, 0.4) is 0 Å². The lowest BCUT2D eigenvalue weighted by Gasteiger charge is -2.16. The Morgan fingerprint density at radius 1 is 1.10 bits per heavy atom. The minimum Gasteiger partial charge on any atom is -0.354 e. The molecule has 1 fully saturated rings. The average molecular weight is 287 g/mol. The summed E-state index contributed by atoms with van der Waals surface area (Å²) in [6, 6.07) is 6.21. The van der Waals surface area contributed by atoms with Crippen molar-refractivity contribution in [1.29, 1.82) is 0 Å². The van der Waals surface area contributed by atoms with E-state index in [1.54, 1.807) is 12.1 Å². The summed E-state index contributed by atoms with van der Waals surface area (Å²) in [5.41, 5.74) is 0.790. The molecule has 0 amide bonds. The largest absolute Gasteiger partial charge is 0.354 e. The van der Waals surface area contributed by atoms with Crippen molar-refractivity contribution in [3.8, 4) is 11.4 Å². The van der Waals surface area contributed by atoms with Crippen LogP contribution >= 0.6 is 0 Å². The smallest absolute Gasteiger partial charge is 0.230 e. The van der Waals surface area contributed by atoms with Crippen LogP contribution in [0.4, 0.5) is 16.3 Å². The summed E-state index contributed by atoms with van der Waals surface area (Å²) in [7, 11) is 0. The van der Waals surface area contributed by atoms with Crippen LogP contribution in [0.2, 0.25) is 0 Å². The molecule has 2 heterocycles. The van der Waals surface area contributed by atoms with Crippen LogP contribution in [0.1, 0.15) is 19.8 Å². The van der Waals surface area contributed by atoms with E-state index < -0.39 is 0 Å². The highest BCUT2D eigenvalue weighted by molar-refractivity contribution is 5.58. The van der Waals surface area contributed by atoms with E-state index in [1.165, 1.54) is 12.1 Å². The van der Waals surface area contributed by atoms with Gasteiger partial charge in [0.25, 0.3) is 0 Å². The molecule has 0 radical (unpaired) electrons. The van der Waals surface area contributed by atoms with Crippen LogP contribution in [0, 0.1) is 5.82 Å². The molecule has 1 aromatic carbocycles. The molecule has 0 spiro atoms. The Kier molecular flexibility index (Phi) is 3.94. The summed E-state index contributed by atoms with van der Waals surface area (Å²) in [5, 5.41) is 3.13. The Labute approximate surface area is 123 Å². The number of rotatable bonds is 4. The average Bonchev–Trinajstić information content (AvgIpc) is 3.02. The van der Waals surface area contributed by atoms with Gasteiger partial charge in [0.2, 0.25) is 11.9 Å². The summed E-state index contributed by atoms with van der Waals surface area (Å²) >= 11 is 0. The first-order chi connectivity index (χ1) is 10.3. The first-order valence-corrected chi connectivity index (χ1v) is 7.27. The fourth-order valence-corrected chi connectivity index (χ4v) is 2.39. The van der Waals surface area contributed by atoms with Gasteiger partial charge in [-0.1, -0.05) is 0 Å². The van der Waals surface area contributed by atoms with Crippen LogP contribution in [0.25, 0.3) is 11.4 Å². The lowest BCUT2D eigenvalue weighted by atomic mass is 10.2. The molecule has 5 nitrogen and oxygen atoms in total. The number of hydrogen-bond acceptors (Lipinski definition) is 5. The number of nitrogens with one attached hydrogen (secondary N) is 1. The third kappa shape index (κ3) is 3.09. The second kappa shape index (κ2) is 6.03. The summed E-state index contributed by atoms with van der Waals surface area (Å²) in [6.07, 6.45) is 2.32. The lowest BCUT2D eigenvalue weighted by molar-refractivity contribution is 0.628. The molecule has 1 aliphatic rings. The molecular weight excluding hydrogens is 269 g/mol. The molecule has 21 heavy (non-hydrogen) atoms. The third-order valence-corrected chi connectivity index (χ3v) is 3.45. The maximum atomic E-state index is 13.1. The Morgan fingerprint density at radius 3 is 2.48 bits per heavy atom. The van der Waals surface area contributed by atoms with Gasteiger partial charge in [0.15, 0.2) is 5.82 Å². The van der Waals surface area contributed by atoms with E-state index in [9.17, 15) is 4.39 Å². The molecular formula is C15H18FN5. The first-order valence-electron chi connectivity index (χ1n) is 7.27. The lowest BCUT2D eigenvalue weighted by Crippen LogP contribution is -2.22. The van der Waals surface area contributed by atoms with Gasteiger partial charge in [-0.05, 0) is 44.0 Å². The SMILES string of the molecule is CCNc1nc(-c2ccc(F)cc2)nc(N2CCCC2)n1. The molecule has 3 rings (SSSR count). The molecule has 110 valence electrons. The second-order valence-electron chi connectivity index (χ2n) is 5.01. The minimum atomic E-state index is -0.264. The maximum Gasteiger partial charge on any atom is 0.230 e. The van der Waals surface area contributed by atoms with Crippen molar-refractivity contribution in [2.24, 2.45) is 0 Å². The molecule has 2 aromatic rings. The summed E-state index contributed by atoms with van der Waals surface area (Å²) in [6.45, 7) is 4.68. The van der Waals surface area contributed by atoms with Crippen molar-refractivity contribution >= 4 is 11.9 Å². The van der Waals surface area contributed by atoms with E-state index in [4.69, 9.17) is 0 Å². The van der Waals surface area contributed by atoms with Crippen molar-refractivity contribution in [3.05, 3.63) is 30.1 Å². The zero-order valence-electron chi connectivity index (χ0n) is 12.0. The predicted molar refractivity (Wildman–Crippen MR) is 80.8 cm³/mol. The third-order valence-electron chi connectivity index (χ3n) is 3.45. The van der Waals surface area contributed by atoms with Gasteiger partial charge < -0.3 is 10.2 Å². The Bertz CT molecular complexity index is 608. The molecule has 1 aromatic heterocycles. The van der Waals surface area contributed by atoms with Crippen molar-refractivity contribution < 1.29 is 4.39 Å². The Hall–Kier alpha value is -2.24. The maximum absolute atomic E-state index is 13.1. The molecule has 0 unspecified atom stereocenters. The van der Waals surface area contributed by atoms with Gasteiger partial charge >= 0.3 is 0 Å². The highest BCUT2D eigenvalue weighted by atomic mass is 19.1. The number of halogens is 1. The van der Waals surface area contributed by atoms with Crippen LogP contribution in [0.5, 0.6) is 0 Å². The molecule has 0 atom stereocenters. The molecule has 6 heteroatoms. The van der Waals surface area contributed by atoms with Crippen LogP contribution < -0.4 is 10.2 Å². The standard InChI is InChI=1S/C15H18FN5/c1-2-17-14-18-13(11-5-7-12(16)8-6-11)19-15(20-14)21-9-3-4-10-21/h5-8H,2-4,9-10H2,1H3,(H,17,18,19,20). The topological polar surface area (TPSA) is 53.9 Å². The highest BCUT2D eigenvalue weighted by Crippen LogP contribution is 2.22. The second-order valence-corrected chi connectivity index (χ2v) is 5.01. The van der Waals surface area contributed by atoms with E-state index in [1.807, 2.05) is 6.92 Å². The molecule has 1 aliphatic heterocycles. The number of aromatic nitrogens is 3. The van der Waals surface area contributed by atoms with Crippen molar-refractivity contribution in [3.63, 3.8) is 0 Å². The van der Waals surface area contributed by atoms with Crippen LogP contribution in [-0.4, -0.2) is 34.6 Å². The number of anilines is 2. The van der Waals surface area contributed by atoms with Gasteiger partial charge in [-0.25, -0.2) is 4.39 Å². The molecule has 0 aliphatic carbocycles. The molecule has 0 bridgehead atoms. The molecule has 1 saturated heterocycles. The van der Waals surface area contributed by atoms with Crippen molar-refractivity contribution in [1.82, 2.24) is 15.0 Å².